The van der Waals surface area contributed by atoms with E-state index in [1.54, 1.807) is 0 Å². The van der Waals surface area contributed by atoms with E-state index in [1.807, 2.05) is 23.6 Å². The van der Waals surface area contributed by atoms with Crippen LogP contribution in [0, 0.1) is 22.7 Å². The maximum Gasteiger partial charge on any atom is 0.316 e. The molecule has 26 heavy (non-hydrogen) atoms. The Labute approximate surface area is 158 Å². The molecular formula is C16H15N5O3S2. The first-order chi connectivity index (χ1) is 12.7. The molecule has 2 rings (SSSR count). The maximum atomic E-state index is 12.1. The zero-order valence-electron chi connectivity index (χ0n) is 13.8. The zero-order valence-corrected chi connectivity index (χ0v) is 15.4. The van der Waals surface area contributed by atoms with Crippen molar-refractivity contribution >= 4 is 45.2 Å². The van der Waals surface area contributed by atoms with E-state index in [0.29, 0.717) is 5.03 Å². The summed E-state index contributed by atoms with van der Waals surface area (Å²) in [6.45, 7) is 0.00859. The highest BCUT2D eigenvalue weighted by atomic mass is 32.2. The summed E-state index contributed by atoms with van der Waals surface area (Å²) >= 11 is 2.71. The molecule has 10 heteroatoms. The number of thioether (sulfide) groups is 1. The van der Waals surface area contributed by atoms with Gasteiger partial charge in [0.1, 0.15) is 16.2 Å². The number of nitriles is 2. The summed E-state index contributed by atoms with van der Waals surface area (Å²) in [7, 11) is 0. The van der Waals surface area contributed by atoms with Crippen molar-refractivity contribution in [3.63, 3.8) is 0 Å². The lowest BCUT2D eigenvalue weighted by atomic mass is 10.3. The topological polar surface area (TPSA) is 120 Å². The molecule has 0 N–H and O–H groups in total. The number of nitrogens with zero attached hydrogens (tertiary/aromatic N) is 5. The van der Waals surface area contributed by atoms with Crippen LogP contribution in [0.4, 0.5) is 0 Å². The lowest BCUT2D eigenvalue weighted by Gasteiger charge is -2.20. The third-order valence-electron chi connectivity index (χ3n) is 3.25. The largest absolute Gasteiger partial charge is 0.455 e. The lowest BCUT2D eigenvalue weighted by molar-refractivity contribution is -0.149. The molecule has 0 saturated heterocycles. The van der Waals surface area contributed by atoms with Gasteiger partial charge in [-0.25, -0.2) is 9.97 Å². The average molecular weight is 389 g/mol. The minimum atomic E-state index is -0.536. The number of fused-ring (bicyclic) bond motifs is 1. The molecule has 0 aromatic carbocycles. The number of thiophene rings is 1. The van der Waals surface area contributed by atoms with Crippen LogP contribution < -0.4 is 0 Å². The molecule has 0 aliphatic rings. The van der Waals surface area contributed by atoms with Crippen LogP contribution in [0.25, 0.3) is 10.2 Å². The van der Waals surface area contributed by atoms with Gasteiger partial charge < -0.3 is 9.64 Å². The Morgan fingerprint density at radius 2 is 1.96 bits per heavy atom. The first kappa shape index (κ1) is 19.6. The Hall–Kier alpha value is -2.69. The first-order valence-corrected chi connectivity index (χ1v) is 9.50. The molecule has 0 radical (unpaired) electrons. The molecule has 0 spiro atoms. The van der Waals surface area contributed by atoms with E-state index >= 15 is 0 Å². The number of aromatic nitrogens is 2. The summed E-state index contributed by atoms with van der Waals surface area (Å²) in [5.41, 5.74) is 0. The van der Waals surface area contributed by atoms with Crippen molar-refractivity contribution in [3.8, 4) is 12.1 Å². The second-order valence-corrected chi connectivity index (χ2v) is 6.82. The van der Waals surface area contributed by atoms with Crippen molar-refractivity contribution in [1.29, 1.82) is 10.5 Å². The molecule has 2 aromatic rings. The van der Waals surface area contributed by atoms with Crippen molar-refractivity contribution in [1.82, 2.24) is 14.9 Å². The highest BCUT2D eigenvalue weighted by molar-refractivity contribution is 8.00. The SMILES string of the molecule is N#CCCN(CCC#N)C(=O)COC(=O)CSc1ncnc2sccc12. The van der Waals surface area contributed by atoms with Crippen LogP contribution in [0.3, 0.4) is 0 Å². The fourth-order valence-electron chi connectivity index (χ4n) is 2.02. The van der Waals surface area contributed by atoms with Crippen LogP contribution in [0.5, 0.6) is 0 Å². The van der Waals surface area contributed by atoms with E-state index in [-0.39, 0.29) is 31.7 Å². The van der Waals surface area contributed by atoms with Gasteiger partial charge in [0.05, 0.1) is 30.7 Å². The number of rotatable bonds is 9. The molecule has 2 aromatic heterocycles. The molecule has 0 aliphatic carbocycles. The predicted molar refractivity (Wildman–Crippen MR) is 96.1 cm³/mol. The molecule has 0 saturated carbocycles. The van der Waals surface area contributed by atoms with Crippen LogP contribution in [0.15, 0.2) is 22.8 Å². The highest BCUT2D eigenvalue weighted by Gasteiger charge is 2.16. The van der Waals surface area contributed by atoms with Crippen LogP contribution >= 0.6 is 23.1 Å². The molecule has 0 bridgehead atoms. The summed E-state index contributed by atoms with van der Waals surface area (Å²) in [5.74, 6) is -0.937. The van der Waals surface area contributed by atoms with Gasteiger partial charge in [0.25, 0.3) is 5.91 Å². The summed E-state index contributed by atoms with van der Waals surface area (Å²) in [5, 5.41) is 20.7. The Morgan fingerprint density at radius 3 is 2.65 bits per heavy atom. The van der Waals surface area contributed by atoms with Gasteiger partial charge in [-0.3, -0.25) is 9.59 Å². The van der Waals surface area contributed by atoms with Crippen LogP contribution in [-0.2, 0) is 14.3 Å². The summed E-state index contributed by atoms with van der Waals surface area (Å²) in [6.07, 6.45) is 1.76. The van der Waals surface area contributed by atoms with Crippen LogP contribution in [-0.4, -0.2) is 52.2 Å². The third-order valence-corrected chi connectivity index (χ3v) is 5.05. The minimum absolute atomic E-state index is 0.0195. The van der Waals surface area contributed by atoms with Crippen LogP contribution in [0.2, 0.25) is 0 Å². The number of amides is 1. The minimum Gasteiger partial charge on any atom is -0.455 e. The van der Waals surface area contributed by atoms with E-state index in [9.17, 15) is 9.59 Å². The molecule has 0 unspecified atom stereocenters. The average Bonchev–Trinajstić information content (AvgIpc) is 3.14. The van der Waals surface area contributed by atoms with E-state index in [0.717, 1.165) is 10.2 Å². The van der Waals surface area contributed by atoms with Gasteiger partial charge in [-0.15, -0.1) is 11.3 Å². The van der Waals surface area contributed by atoms with E-state index in [2.05, 4.69) is 9.97 Å². The number of carbonyl (C=O) groups is 2. The Bertz CT molecular complexity index is 837. The normalized spacial score (nSPS) is 10.1. The van der Waals surface area contributed by atoms with Crippen molar-refractivity contribution in [3.05, 3.63) is 17.8 Å². The van der Waals surface area contributed by atoms with Gasteiger partial charge in [0.15, 0.2) is 6.61 Å². The number of hydrogen-bond donors (Lipinski definition) is 0. The Balaban J connectivity index is 1.81. The van der Waals surface area contributed by atoms with Gasteiger partial charge in [-0.2, -0.15) is 10.5 Å². The van der Waals surface area contributed by atoms with E-state index in [1.165, 1.54) is 34.3 Å². The Morgan fingerprint density at radius 1 is 1.23 bits per heavy atom. The van der Waals surface area contributed by atoms with E-state index < -0.39 is 18.5 Å². The number of ether oxygens (including phenoxy) is 1. The van der Waals surface area contributed by atoms with Crippen molar-refractivity contribution in [2.45, 2.75) is 17.9 Å². The lowest BCUT2D eigenvalue weighted by Crippen LogP contribution is -2.36. The fourth-order valence-corrected chi connectivity index (χ4v) is 3.59. The fraction of sp³-hybridized carbons (Fsp3) is 0.375. The number of carbonyl (C=O) groups excluding carboxylic acids is 2. The summed E-state index contributed by atoms with van der Waals surface area (Å²) in [6, 6.07) is 5.78. The van der Waals surface area contributed by atoms with Gasteiger partial charge >= 0.3 is 5.97 Å². The molecule has 2 heterocycles. The van der Waals surface area contributed by atoms with Gasteiger partial charge in [-0.1, -0.05) is 11.8 Å². The second-order valence-electron chi connectivity index (χ2n) is 4.96. The van der Waals surface area contributed by atoms with Gasteiger partial charge in [0, 0.05) is 18.5 Å². The molecule has 134 valence electrons. The van der Waals surface area contributed by atoms with Crippen molar-refractivity contribution in [2.75, 3.05) is 25.4 Å². The molecule has 0 fully saturated rings. The highest BCUT2D eigenvalue weighted by Crippen LogP contribution is 2.27. The Kier molecular flexibility index (Phi) is 7.80. The molecule has 0 aliphatic heterocycles. The summed E-state index contributed by atoms with van der Waals surface area (Å²) < 4.78 is 5.00. The monoisotopic (exact) mass is 389 g/mol. The molecule has 1 amide bonds. The summed E-state index contributed by atoms with van der Waals surface area (Å²) in [4.78, 5) is 34.5. The smallest absolute Gasteiger partial charge is 0.316 e. The van der Waals surface area contributed by atoms with Crippen molar-refractivity contribution in [2.24, 2.45) is 0 Å². The zero-order chi connectivity index (χ0) is 18.8. The van der Waals surface area contributed by atoms with Gasteiger partial charge in [-0.05, 0) is 11.4 Å². The third kappa shape index (κ3) is 5.69. The van der Waals surface area contributed by atoms with E-state index in [4.69, 9.17) is 15.3 Å². The molecule has 8 nitrogen and oxygen atoms in total. The second kappa shape index (κ2) is 10.3. The first-order valence-electron chi connectivity index (χ1n) is 7.64. The predicted octanol–water partition coefficient (Wildman–Crippen LogP) is 1.98. The van der Waals surface area contributed by atoms with Crippen LogP contribution in [0.1, 0.15) is 12.8 Å². The quantitative estimate of drug-likeness (QED) is 0.363. The maximum absolute atomic E-state index is 12.1. The number of hydrogen-bond acceptors (Lipinski definition) is 9. The standard InChI is InChI=1S/C16H15N5O3S2/c17-4-1-6-21(7-2-5-18)13(22)9-24-14(23)10-26-16-12-3-8-25-15(12)19-11-20-16/h3,8,11H,1-2,6-7,9-10H2. The number of esters is 1. The van der Waals surface area contributed by atoms with Gasteiger partial charge in [0.2, 0.25) is 0 Å². The molecule has 0 atom stereocenters. The van der Waals surface area contributed by atoms with Crippen molar-refractivity contribution < 1.29 is 14.3 Å². The molecular weight excluding hydrogens is 374 g/mol.